The van der Waals surface area contributed by atoms with Crippen molar-refractivity contribution in [3.63, 3.8) is 0 Å². The van der Waals surface area contributed by atoms with Gasteiger partial charge in [-0.25, -0.2) is 4.98 Å². The number of aromatic nitrogens is 2. The minimum absolute atomic E-state index is 0.00894. The van der Waals surface area contributed by atoms with Gasteiger partial charge in [-0.2, -0.15) is 0 Å². The number of aryl methyl sites for hydroxylation is 1. The molecule has 0 aromatic carbocycles. The Kier molecular flexibility index (Phi) is 3.47. The first kappa shape index (κ1) is 12.1. The van der Waals surface area contributed by atoms with Crippen LogP contribution in [0, 0.1) is 0 Å². The molecule has 17 heavy (non-hydrogen) atoms. The molecule has 0 aliphatic carbocycles. The van der Waals surface area contributed by atoms with Crippen LogP contribution in [0.3, 0.4) is 0 Å². The van der Waals surface area contributed by atoms with E-state index in [-0.39, 0.29) is 18.0 Å². The highest BCUT2D eigenvalue weighted by atomic mass is 16.2. The highest BCUT2D eigenvalue weighted by Gasteiger charge is 2.35. The van der Waals surface area contributed by atoms with Crippen LogP contribution in [0.25, 0.3) is 0 Å². The van der Waals surface area contributed by atoms with E-state index in [0.717, 1.165) is 25.1 Å². The van der Waals surface area contributed by atoms with Gasteiger partial charge in [-0.15, -0.1) is 0 Å². The van der Waals surface area contributed by atoms with Crippen LogP contribution in [0.1, 0.15) is 37.9 Å². The van der Waals surface area contributed by atoms with Crippen LogP contribution in [0.4, 0.5) is 0 Å². The second kappa shape index (κ2) is 4.87. The number of piperidine rings is 1. The lowest BCUT2D eigenvalue weighted by atomic mass is 9.94. The first-order chi connectivity index (χ1) is 8.15. The maximum atomic E-state index is 12.0. The Morgan fingerprint density at radius 1 is 1.59 bits per heavy atom. The third-order valence-electron chi connectivity index (χ3n) is 3.37. The molecule has 2 N–H and O–H groups in total. The predicted octanol–water partition coefficient (Wildman–Crippen LogP) is 0.821. The van der Waals surface area contributed by atoms with E-state index in [0.29, 0.717) is 6.42 Å². The second-order valence-electron chi connectivity index (χ2n) is 4.66. The van der Waals surface area contributed by atoms with E-state index in [4.69, 9.17) is 5.73 Å². The quantitative estimate of drug-likeness (QED) is 0.845. The zero-order valence-corrected chi connectivity index (χ0v) is 10.5. The monoisotopic (exact) mass is 236 g/mol. The van der Waals surface area contributed by atoms with Gasteiger partial charge in [-0.05, 0) is 12.8 Å². The van der Waals surface area contributed by atoms with Crippen molar-refractivity contribution in [2.24, 2.45) is 12.8 Å². The molecule has 94 valence electrons. The van der Waals surface area contributed by atoms with Gasteiger partial charge in [0, 0.05) is 26.1 Å². The number of carbonyl (C=O) groups excluding carboxylic acids is 1. The lowest BCUT2D eigenvalue weighted by Gasteiger charge is -2.39. The molecule has 1 saturated heterocycles. The summed E-state index contributed by atoms with van der Waals surface area (Å²) in [5, 5.41) is 0. The molecule has 1 aromatic rings. The van der Waals surface area contributed by atoms with Crippen LogP contribution in [0.15, 0.2) is 12.5 Å². The maximum Gasteiger partial charge on any atom is 0.223 e. The largest absolute Gasteiger partial charge is 0.336 e. The third-order valence-corrected chi connectivity index (χ3v) is 3.37. The SMILES string of the molecule is CCCN1C(=O)CC[C@H](N)[C@H]1c1cncn1C. The first-order valence-corrected chi connectivity index (χ1v) is 6.16. The van der Waals surface area contributed by atoms with Crippen LogP contribution < -0.4 is 5.73 Å². The smallest absolute Gasteiger partial charge is 0.223 e. The van der Waals surface area contributed by atoms with Gasteiger partial charge in [0.25, 0.3) is 0 Å². The number of rotatable bonds is 3. The van der Waals surface area contributed by atoms with E-state index < -0.39 is 0 Å². The van der Waals surface area contributed by atoms with Gasteiger partial charge in [0.15, 0.2) is 0 Å². The third kappa shape index (κ3) is 2.20. The molecule has 2 rings (SSSR count). The molecule has 0 spiro atoms. The molecule has 0 saturated carbocycles. The fourth-order valence-corrected chi connectivity index (χ4v) is 2.51. The molecule has 1 aliphatic heterocycles. The van der Waals surface area contributed by atoms with Gasteiger partial charge in [-0.1, -0.05) is 6.92 Å². The van der Waals surface area contributed by atoms with Gasteiger partial charge in [0.1, 0.15) is 0 Å². The van der Waals surface area contributed by atoms with Crippen molar-refractivity contribution in [2.75, 3.05) is 6.54 Å². The Balaban J connectivity index is 2.32. The van der Waals surface area contributed by atoms with E-state index >= 15 is 0 Å². The van der Waals surface area contributed by atoms with Crippen LogP contribution in [-0.4, -0.2) is 32.9 Å². The molecule has 5 nitrogen and oxygen atoms in total. The number of imidazole rings is 1. The fraction of sp³-hybridized carbons (Fsp3) is 0.667. The Morgan fingerprint density at radius 2 is 2.35 bits per heavy atom. The summed E-state index contributed by atoms with van der Waals surface area (Å²) < 4.78 is 1.95. The normalized spacial score (nSPS) is 25.4. The van der Waals surface area contributed by atoms with Crippen molar-refractivity contribution in [1.82, 2.24) is 14.5 Å². The Hall–Kier alpha value is -1.36. The molecule has 2 heterocycles. The van der Waals surface area contributed by atoms with Crippen LogP contribution >= 0.6 is 0 Å². The molecular formula is C12H20N4O. The average Bonchev–Trinajstić information content (AvgIpc) is 2.71. The lowest BCUT2D eigenvalue weighted by Crippen LogP contribution is -2.49. The minimum Gasteiger partial charge on any atom is -0.336 e. The van der Waals surface area contributed by atoms with Crippen LogP contribution in [0.2, 0.25) is 0 Å². The number of likely N-dealkylation sites (tertiary alicyclic amines) is 1. The average molecular weight is 236 g/mol. The molecule has 1 fully saturated rings. The van der Waals surface area contributed by atoms with Crippen molar-refractivity contribution < 1.29 is 4.79 Å². The van der Waals surface area contributed by atoms with Gasteiger partial charge in [-0.3, -0.25) is 4.79 Å². The topological polar surface area (TPSA) is 64.2 Å². The van der Waals surface area contributed by atoms with E-state index in [1.807, 2.05) is 22.7 Å². The zero-order valence-electron chi connectivity index (χ0n) is 10.5. The number of hydrogen-bond donors (Lipinski definition) is 1. The summed E-state index contributed by atoms with van der Waals surface area (Å²) in [6.07, 6.45) is 5.84. The van der Waals surface area contributed by atoms with Gasteiger partial charge < -0.3 is 15.2 Å². The summed E-state index contributed by atoms with van der Waals surface area (Å²) >= 11 is 0. The highest BCUT2D eigenvalue weighted by Crippen LogP contribution is 2.30. The van der Waals surface area contributed by atoms with Crippen LogP contribution in [0.5, 0.6) is 0 Å². The molecule has 1 aliphatic rings. The fourth-order valence-electron chi connectivity index (χ4n) is 2.51. The molecule has 2 atom stereocenters. The van der Waals surface area contributed by atoms with Crippen molar-refractivity contribution in [3.05, 3.63) is 18.2 Å². The number of nitrogens with zero attached hydrogens (tertiary/aromatic N) is 3. The molecule has 5 heteroatoms. The molecule has 0 radical (unpaired) electrons. The van der Waals surface area contributed by atoms with Crippen molar-refractivity contribution >= 4 is 5.91 Å². The summed E-state index contributed by atoms with van der Waals surface area (Å²) in [4.78, 5) is 18.0. The molecule has 0 bridgehead atoms. The summed E-state index contributed by atoms with van der Waals surface area (Å²) in [6, 6.07) is -0.0154. The minimum atomic E-state index is -0.0244. The van der Waals surface area contributed by atoms with Crippen molar-refractivity contribution in [1.29, 1.82) is 0 Å². The van der Waals surface area contributed by atoms with Crippen molar-refractivity contribution in [3.8, 4) is 0 Å². The number of carbonyl (C=O) groups is 1. The summed E-state index contributed by atoms with van der Waals surface area (Å²) in [5.74, 6) is 0.208. The summed E-state index contributed by atoms with van der Waals surface area (Å²) in [6.45, 7) is 2.84. The van der Waals surface area contributed by atoms with E-state index in [1.54, 1.807) is 6.33 Å². The van der Waals surface area contributed by atoms with Crippen LogP contribution in [-0.2, 0) is 11.8 Å². The standard InChI is InChI=1S/C12H20N4O/c1-3-6-16-11(17)5-4-9(13)12(16)10-7-14-8-15(10)2/h7-9,12H,3-6,13H2,1-2H3/t9-,12-/m0/s1. The molecule has 1 aromatic heterocycles. The second-order valence-corrected chi connectivity index (χ2v) is 4.66. The van der Waals surface area contributed by atoms with Gasteiger partial charge in [0.2, 0.25) is 5.91 Å². The zero-order chi connectivity index (χ0) is 12.4. The molecular weight excluding hydrogens is 216 g/mol. The lowest BCUT2D eigenvalue weighted by molar-refractivity contribution is -0.137. The van der Waals surface area contributed by atoms with Gasteiger partial charge >= 0.3 is 0 Å². The first-order valence-electron chi connectivity index (χ1n) is 6.16. The van der Waals surface area contributed by atoms with Crippen molar-refractivity contribution in [2.45, 2.75) is 38.3 Å². The number of amides is 1. The number of nitrogens with two attached hydrogens (primary N) is 1. The van der Waals surface area contributed by atoms with E-state index in [9.17, 15) is 4.79 Å². The Morgan fingerprint density at radius 3 is 2.94 bits per heavy atom. The summed E-state index contributed by atoms with van der Waals surface area (Å²) in [5.41, 5.74) is 7.21. The maximum absolute atomic E-state index is 12.0. The predicted molar refractivity (Wildman–Crippen MR) is 65.2 cm³/mol. The Labute approximate surface area is 102 Å². The van der Waals surface area contributed by atoms with E-state index in [2.05, 4.69) is 11.9 Å². The highest BCUT2D eigenvalue weighted by molar-refractivity contribution is 5.77. The molecule has 0 unspecified atom stereocenters. The summed E-state index contributed by atoms with van der Waals surface area (Å²) in [7, 11) is 1.94. The number of hydrogen-bond acceptors (Lipinski definition) is 3. The van der Waals surface area contributed by atoms with Gasteiger partial charge in [0.05, 0.1) is 24.3 Å². The Bertz CT molecular complexity index is 401. The van der Waals surface area contributed by atoms with E-state index in [1.165, 1.54) is 0 Å². The molecule has 1 amide bonds.